The van der Waals surface area contributed by atoms with E-state index in [0.717, 1.165) is 11.3 Å². The Hall–Kier alpha value is -2.16. The van der Waals surface area contributed by atoms with Crippen LogP contribution in [0, 0.1) is 6.92 Å². The number of nitrogen functional groups attached to an aromatic ring is 1. The van der Waals surface area contributed by atoms with Gasteiger partial charge in [0, 0.05) is 29.6 Å². The van der Waals surface area contributed by atoms with Crippen LogP contribution in [0.15, 0.2) is 42.6 Å². The summed E-state index contributed by atoms with van der Waals surface area (Å²) in [7, 11) is 0. The van der Waals surface area contributed by atoms with Crippen LogP contribution in [0.1, 0.15) is 21.6 Å². The van der Waals surface area contributed by atoms with E-state index in [4.69, 9.17) is 5.73 Å². The van der Waals surface area contributed by atoms with Gasteiger partial charge in [0.05, 0.1) is 0 Å². The van der Waals surface area contributed by atoms with Crippen LogP contribution < -0.4 is 5.73 Å². The minimum Gasteiger partial charge on any atom is -0.399 e. The topological polar surface area (TPSA) is 56.0 Å². The number of carbonyl (C=O) groups is 1. The molecular formula is C14H14N2O. The van der Waals surface area contributed by atoms with Crippen molar-refractivity contribution in [3.63, 3.8) is 0 Å². The summed E-state index contributed by atoms with van der Waals surface area (Å²) in [6, 6.07) is 11.0. The Morgan fingerprint density at radius 3 is 2.47 bits per heavy atom. The average molecular weight is 226 g/mol. The lowest BCUT2D eigenvalue weighted by Crippen LogP contribution is -2.04. The number of aryl methyl sites for hydroxylation is 1. The molecule has 0 aliphatic rings. The summed E-state index contributed by atoms with van der Waals surface area (Å²) in [5.74, 6) is 0.0715. The Labute approximate surface area is 100 Å². The number of Topliss-reactive ketones (excluding diaryl/α,β-unsaturated/α-hetero) is 1. The summed E-state index contributed by atoms with van der Waals surface area (Å²) < 4.78 is 0. The van der Waals surface area contributed by atoms with Crippen LogP contribution in [0.4, 0.5) is 5.69 Å². The molecule has 1 aromatic carbocycles. The van der Waals surface area contributed by atoms with Gasteiger partial charge in [0.2, 0.25) is 0 Å². The van der Waals surface area contributed by atoms with Gasteiger partial charge in [-0.1, -0.05) is 12.1 Å². The van der Waals surface area contributed by atoms with E-state index >= 15 is 0 Å². The van der Waals surface area contributed by atoms with Gasteiger partial charge < -0.3 is 5.73 Å². The van der Waals surface area contributed by atoms with Crippen LogP contribution in [-0.2, 0) is 6.42 Å². The summed E-state index contributed by atoms with van der Waals surface area (Å²) in [4.78, 5) is 16.1. The molecule has 3 nitrogen and oxygen atoms in total. The molecule has 0 aliphatic carbocycles. The van der Waals surface area contributed by atoms with Crippen molar-refractivity contribution in [1.29, 1.82) is 0 Å². The number of aromatic nitrogens is 1. The van der Waals surface area contributed by atoms with E-state index in [1.165, 1.54) is 0 Å². The first-order valence-corrected chi connectivity index (χ1v) is 5.45. The number of anilines is 1. The number of rotatable bonds is 3. The van der Waals surface area contributed by atoms with Gasteiger partial charge >= 0.3 is 0 Å². The second-order valence-electron chi connectivity index (χ2n) is 4.03. The molecule has 0 aliphatic heterocycles. The fourth-order valence-corrected chi connectivity index (χ4v) is 1.56. The summed E-state index contributed by atoms with van der Waals surface area (Å²) in [5, 5.41) is 0. The molecule has 0 amide bonds. The van der Waals surface area contributed by atoms with Crippen molar-refractivity contribution in [2.45, 2.75) is 13.3 Å². The third kappa shape index (κ3) is 2.91. The fraction of sp³-hybridized carbons (Fsp3) is 0.143. The molecule has 17 heavy (non-hydrogen) atoms. The van der Waals surface area contributed by atoms with E-state index < -0.39 is 0 Å². The van der Waals surface area contributed by atoms with E-state index in [2.05, 4.69) is 4.98 Å². The number of ketones is 1. The summed E-state index contributed by atoms with van der Waals surface area (Å²) >= 11 is 0. The Balaban J connectivity index is 2.11. The van der Waals surface area contributed by atoms with Crippen molar-refractivity contribution < 1.29 is 4.79 Å². The van der Waals surface area contributed by atoms with Crippen molar-refractivity contribution in [1.82, 2.24) is 4.98 Å². The van der Waals surface area contributed by atoms with E-state index in [-0.39, 0.29) is 5.78 Å². The molecule has 0 saturated heterocycles. The number of pyridine rings is 1. The molecule has 0 saturated carbocycles. The minimum atomic E-state index is 0.0715. The summed E-state index contributed by atoms with van der Waals surface area (Å²) in [6.07, 6.45) is 2.00. The van der Waals surface area contributed by atoms with Crippen LogP contribution in [0.25, 0.3) is 0 Å². The molecule has 2 aromatic rings. The van der Waals surface area contributed by atoms with Crippen LogP contribution in [0.3, 0.4) is 0 Å². The molecule has 0 unspecified atom stereocenters. The maximum atomic E-state index is 11.9. The Morgan fingerprint density at radius 2 is 1.88 bits per heavy atom. The third-order valence-electron chi connectivity index (χ3n) is 2.58. The van der Waals surface area contributed by atoms with Gasteiger partial charge in [0.1, 0.15) is 0 Å². The van der Waals surface area contributed by atoms with Crippen LogP contribution >= 0.6 is 0 Å². The molecule has 0 atom stereocenters. The van der Waals surface area contributed by atoms with Gasteiger partial charge in [-0.05, 0) is 36.8 Å². The zero-order chi connectivity index (χ0) is 12.3. The van der Waals surface area contributed by atoms with Gasteiger partial charge in [-0.15, -0.1) is 0 Å². The normalized spacial score (nSPS) is 10.2. The summed E-state index contributed by atoms with van der Waals surface area (Å²) in [5.41, 5.74) is 8.82. The van der Waals surface area contributed by atoms with Gasteiger partial charge in [0.25, 0.3) is 0 Å². The summed E-state index contributed by atoms with van der Waals surface area (Å²) in [6.45, 7) is 1.90. The van der Waals surface area contributed by atoms with Crippen LogP contribution in [0.2, 0.25) is 0 Å². The maximum Gasteiger partial charge on any atom is 0.168 e. The Kier molecular flexibility index (Phi) is 3.19. The first-order chi connectivity index (χ1) is 8.15. The molecule has 2 rings (SSSR count). The minimum absolute atomic E-state index is 0.0715. The number of hydrogen-bond donors (Lipinski definition) is 1. The zero-order valence-electron chi connectivity index (χ0n) is 9.68. The molecule has 0 fully saturated rings. The molecule has 3 heteroatoms. The number of nitrogens with two attached hydrogens (primary N) is 1. The number of hydrogen-bond acceptors (Lipinski definition) is 3. The monoisotopic (exact) mass is 226 g/mol. The van der Waals surface area contributed by atoms with Crippen molar-refractivity contribution in [2.24, 2.45) is 0 Å². The average Bonchev–Trinajstić information content (AvgIpc) is 2.33. The van der Waals surface area contributed by atoms with E-state index in [0.29, 0.717) is 17.7 Å². The molecule has 1 aromatic heterocycles. The van der Waals surface area contributed by atoms with E-state index in [1.807, 2.05) is 31.2 Å². The molecule has 1 heterocycles. The predicted molar refractivity (Wildman–Crippen MR) is 67.9 cm³/mol. The van der Waals surface area contributed by atoms with Gasteiger partial charge in [-0.2, -0.15) is 0 Å². The number of nitrogens with zero attached hydrogens (tertiary/aromatic N) is 1. The standard InChI is InChI=1S/C14H14N2O/c1-10-2-5-12(9-16-10)14(17)8-11-3-6-13(15)7-4-11/h2-7,9H,8,15H2,1H3. The fourth-order valence-electron chi connectivity index (χ4n) is 1.56. The second-order valence-corrected chi connectivity index (χ2v) is 4.03. The molecular weight excluding hydrogens is 212 g/mol. The third-order valence-corrected chi connectivity index (χ3v) is 2.58. The lowest BCUT2D eigenvalue weighted by Gasteiger charge is -2.02. The van der Waals surface area contributed by atoms with E-state index in [9.17, 15) is 4.79 Å². The van der Waals surface area contributed by atoms with Crippen molar-refractivity contribution in [3.05, 3.63) is 59.4 Å². The first-order valence-electron chi connectivity index (χ1n) is 5.45. The predicted octanol–water partition coefficient (Wildman–Crippen LogP) is 2.40. The number of carbonyl (C=O) groups excluding carboxylic acids is 1. The Bertz CT molecular complexity index is 515. The highest BCUT2D eigenvalue weighted by molar-refractivity contribution is 5.97. The lowest BCUT2D eigenvalue weighted by atomic mass is 10.0. The smallest absolute Gasteiger partial charge is 0.168 e. The van der Waals surface area contributed by atoms with Crippen molar-refractivity contribution in [2.75, 3.05) is 5.73 Å². The number of benzene rings is 1. The maximum absolute atomic E-state index is 11.9. The van der Waals surface area contributed by atoms with Crippen LogP contribution in [-0.4, -0.2) is 10.8 Å². The molecule has 2 N–H and O–H groups in total. The van der Waals surface area contributed by atoms with E-state index in [1.54, 1.807) is 18.3 Å². The molecule has 0 bridgehead atoms. The second kappa shape index (κ2) is 4.78. The largest absolute Gasteiger partial charge is 0.399 e. The molecule has 0 spiro atoms. The van der Waals surface area contributed by atoms with Crippen molar-refractivity contribution in [3.8, 4) is 0 Å². The van der Waals surface area contributed by atoms with Gasteiger partial charge in [-0.3, -0.25) is 9.78 Å². The van der Waals surface area contributed by atoms with Gasteiger partial charge in [-0.25, -0.2) is 0 Å². The SMILES string of the molecule is Cc1ccc(C(=O)Cc2ccc(N)cc2)cn1. The highest BCUT2D eigenvalue weighted by atomic mass is 16.1. The van der Waals surface area contributed by atoms with Crippen LogP contribution in [0.5, 0.6) is 0 Å². The quantitative estimate of drug-likeness (QED) is 0.645. The molecule has 0 radical (unpaired) electrons. The van der Waals surface area contributed by atoms with Gasteiger partial charge in [0.15, 0.2) is 5.78 Å². The highest BCUT2D eigenvalue weighted by Crippen LogP contribution is 2.09. The highest BCUT2D eigenvalue weighted by Gasteiger charge is 2.06. The zero-order valence-corrected chi connectivity index (χ0v) is 9.68. The Morgan fingerprint density at radius 1 is 1.18 bits per heavy atom. The van der Waals surface area contributed by atoms with Crippen molar-refractivity contribution >= 4 is 11.5 Å². The lowest BCUT2D eigenvalue weighted by molar-refractivity contribution is 0.0992. The first kappa shape index (κ1) is 11.3. The molecule has 86 valence electrons.